The monoisotopic (exact) mass is 266 g/mol. The van der Waals surface area contributed by atoms with E-state index in [0.29, 0.717) is 0 Å². The van der Waals surface area contributed by atoms with Crippen LogP contribution in [0.15, 0.2) is 0 Å². The van der Waals surface area contributed by atoms with E-state index in [4.69, 9.17) is 0 Å². The van der Waals surface area contributed by atoms with Crippen molar-refractivity contribution in [3.8, 4) is 0 Å². The van der Waals surface area contributed by atoms with E-state index in [0.717, 1.165) is 0 Å². The fourth-order valence-corrected chi connectivity index (χ4v) is 0. The molecule has 0 fully saturated rings. The molecule has 0 aliphatic carbocycles. The molecule has 1 atom stereocenters. The third-order valence-corrected chi connectivity index (χ3v) is 0. The normalized spacial score (nSPS) is 0. The maximum absolute atomic E-state index is 0. The van der Waals surface area contributed by atoms with Gasteiger partial charge in [-0.1, -0.05) is 0 Å². The molecule has 0 rings (SSSR count). The van der Waals surface area contributed by atoms with Crippen molar-refractivity contribution in [3.05, 3.63) is 0 Å². The van der Waals surface area contributed by atoms with Gasteiger partial charge in [-0.25, -0.2) is 0 Å². The first kappa shape index (κ1) is 150. The van der Waals surface area contributed by atoms with Crippen LogP contribution in [0.25, 0.3) is 0 Å². The first-order valence-corrected chi connectivity index (χ1v) is 0. The molecule has 0 amide bonds. The minimum absolute atomic E-state index is 0. The van der Waals surface area contributed by atoms with E-state index < -0.39 is 0 Å². The minimum Gasteiger partial charge on any atom is -2.00 e. The van der Waals surface area contributed by atoms with E-state index in [1.54, 1.807) is 0 Å². The second-order valence-electron chi connectivity index (χ2n) is 0. The van der Waals surface area contributed by atoms with Gasteiger partial charge in [-0.15, -0.1) is 0 Å². The van der Waals surface area contributed by atoms with Crippen LogP contribution in [0, 0.1) is 0 Å². The molecule has 0 aliphatic heterocycles. The summed E-state index contributed by atoms with van der Waals surface area (Å²) >= 11 is 0. The number of rotatable bonds is 0. The van der Waals surface area contributed by atoms with E-state index in [1.807, 2.05) is 0 Å². The molecule has 0 saturated heterocycles. The first-order valence-electron chi connectivity index (χ1n) is 0. The van der Waals surface area contributed by atoms with Crippen molar-refractivity contribution < 1.29 is 37.5 Å². The Labute approximate surface area is 47.9 Å². The van der Waals surface area contributed by atoms with E-state index in [-0.39, 0.29) is 47.4 Å². The minimum atomic E-state index is 0. The van der Waals surface area contributed by atoms with Crippen LogP contribution >= 0.6 is 9.90 Å². The SMILES string of the molecule is P.[O-2].[O-2].[O-2].[W]. The fraction of sp³-hybridized carbons (Fsp3) is 0. The molecule has 0 aromatic rings. The molecule has 0 saturated carbocycles. The van der Waals surface area contributed by atoms with Crippen molar-refractivity contribution in [3.63, 3.8) is 0 Å². The summed E-state index contributed by atoms with van der Waals surface area (Å²) in [6.45, 7) is 0. The standard InChI is InChI=1S/3O.H3P.W/h;;;1H3;/q3*-2;;. The Hall–Kier alpha value is 0.998. The second kappa shape index (κ2) is 80.2. The Morgan fingerprint density at radius 2 is 0.600 bits per heavy atom. The van der Waals surface area contributed by atoms with Crippen molar-refractivity contribution in [1.82, 2.24) is 0 Å². The molecule has 0 heterocycles. The van der Waals surface area contributed by atoms with Crippen molar-refractivity contribution in [2.45, 2.75) is 0 Å². The van der Waals surface area contributed by atoms with Gasteiger partial charge in [0.1, 0.15) is 0 Å². The second-order valence-corrected chi connectivity index (χ2v) is 0. The first-order chi connectivity index (χ1) is 0. The Morgan fingerprint density at radius 1 is 0.600 bits per heavy atom. The Kier molecular flexibility index (Phi) is 2410. The quantitative estimate of drug-likeness (QED) is 0.539. The predicted molar refractivity (Wildman–Crippen MR) is 13.2 cm³/mol. The number of hydrogen-bond donors (Lipinski definition) is 0. The van der Waals surface area contributed by atoms with Crippen LogP contribution in [0.4, 0.5) is 0 Å². The van der Waals surface area contributed by atoms with Crippen LogP contribution in [0.5, 0.6) is 0 Å². The molecule has 0 aromatic carbocycles. The summed E-state index contributed by atoms with van der Waals surface area (Å²) in [6, 6.07) is 0. The Bertz CT molecular complexity index is 6.85. The molecule has 0 bridgehead atoms. The zero-order valence-electron chi connectivity index (χ0n) is 2.34. The average molecular weight is 266 g/mol. The Morgan fingerprint density at radius 3 is 0.600 bits per heavy atom. The molecule has 38 valence electrons. The maximum atomic E-state index is 0. The van der Waals surface area contributed by atoms with Gasteiger partial charge < -0.3 is 16.4 Å². The predicted octanol–water partition coefficient (Wildman–Crippen LogP) is -0.301. The molecule has 0 spiro atoms. The molecule has 5 heteroatoms. The van der Waals surface area contributed by atoms with Crippen molar-refractivity contribution in [2.75, 3.05) is 0 Å². The smallest absolute Gasteiger partial charge is 0 e. The van der Waals surface area contributed by atoms with Crippen LogP contribution in [0.2, 0.25) is 0 Å². The van der Waals surface area contributed by atoms with Gasteiger partial charge in [0.25, 0.3) is 0 Å². The molecule has 0 aromatic heterocycles. The van der Waals surface area contributed by atoms with Gasteiger partial charge in [-0.3, -0.25) is 0 Å². The topological polar surface area (TPSA) is 85.5 Å². The van der Waals surface area contributed by atoms with E-state index in [2.05, 4.69) is 0 Å². The van der Waals surface area contributed by atoms with E-state index in [1.165, 1.54) is 0 Å². The average Bonchev–Trinajstić information content (AvgIpc) is 0. The summed E-state index contributed by atoms with van der Waals surface area (Å²) in [5, 5.41) is 0. The fourth-order valence-electron chi connectivity index (χ4n) is 0. The summed E-state index contributed by atoms with van der Waals surface area (Å²) in [7, 11) is 0. The van der Waals surface area contributed by atoms with Crippen LogP contribution in [0.1, 0.15) is 0 Å². The molecule has 0 aliphatic rings. The third kappa shape index (κ3) is 45.1. The number of hydrogen-bond acceptors (Lipinski definition) is 0. The summed E-state index contributed by atoms with van der Waals surface area (Å²) < 4.78 is 0. The van der Waals surface area contributed by atoms with Crippen LogP contribution in [-0.4, -0.2) is 0 Å². The van der Waals surface area contributed by atoms with Gasteiger partial charge in [0, 0.05) is 21.1 Å². The van der Waals surface area contributed by atoms with Crippen LogP contribution in [0.3, 0.4) is 0 Å². The molecular formula is H3O3PW-6. The summed E-state index contributed by atoms with van der Waals surface area (Å²) in [5.41, 5.74) is 0. The largest absolute Gasteiger partial charge is 2.00 e. The van der Waals surface area contributed by atoms with Crippen molar-refractivity contribution in [2.24, 2.45) is 0 Å². The van der Waals surface area contributed by atoms with Gasteiger partial charge in [0.2, 0.25) is 0 Å². The van der Waals surface area contributed by atoms with Crippen LogP contribution in [-0.2, 0) is 37.5 Å². The van der Waals surface area contributed by atoms with Crippen LogP contribution < -0.4 is 0 Å². The molecule has 0 N–H and O–H groups in total. The van der Waals surface area contributed by atoms with Gasteiger partial charge in [0.15, 0.2) is 0 Å². The van der Waals surface area contributed by atoms with Gasteiger partial charge in [-0.05, 0) is 0 Å². The molecule has 5 heavy (non-hydrogen) atoms. The zero-order valence-corrected chi connectivity index (χ0v) is 6.69. The third-order valence-electron chi connectivity index (χ3n) is 0. The van der Waals surface area contributed by atoms with Gasteiger partial charge in [-0.2, -0.15) is 9.90 Å². The molecule has 1 unspecified atom stereocenters. The molecular weight excluding hydrogens is 263 g/mol. The summed E-state index contributed by atoms with van der Waals surface area (Å²) in [6.07, 6.45) is 0. The maximum Gasteiger partial charge on any atom is 0 e. The molecule has 3 nitrogen and oxygen atoms in total. The van der Waals surface area contributed by atoms with Crippen molar-refractivity contribution >= 4 is 9.90 Å². The zero-order chi connectivity index (χ0) is 0. The summed E-state index contributed by atoms with van der Waals surface area (Å²) in [4.78, 5) is 0. The molecule has 0 radical (unpaired) electrons. The van der Waals surface area contributed by atoms with E-state index in [9.17, 15) is 0 Å². The Balaban J connectivity index is 0. The van der Waals surface area contributed by atoms with E-state index >= 15 is 0 Å². The van der Waals surface area contributed by atoms with Gasteiger partial charge >= 0.3 is 0 Å². The van der Waals surface area contributed by atoms with Gasteiger partial charge in [0.05, 0.1) is 0 Å². The summed E-state index contributed by atoms with van der Waals surface area (Å²) in [5.74, 6) is 0. The van der Waals surface area contributed by atoms with Crippen molar-refractivity contribution in [1.29, 1.82) is 0 Å².